The molecule has 0 aliphatic heterocycles. The second-order valence-corrected chi connectivity index (χ2v) is 5.27. The zero-order valence-electron chi connectivity index (χ0n) is 12.0. The van der Waals surface area contributed by atoms with Gasteiger partial charge in [0, 0.05) is 18.2 Å². The number of hydrogen-bond donors (Lipinski definition) is 2. The van der Waals surface area contributed by atoms with Crippen LogP contribution in [0.25, 0.3) is 0 Å². The molecular formula is C14H24ClNO3. The molecular weight excluding hydrogens is 266 g/mol. The van der Waals surface area contributed by atoms with Crippen LogP contribution in [0, 0.1) is 0 Å². The van der Waals surface area contributed by atoms with Gasteiger partial charge in [-0.25, -0.2) is 0 Å². The molecule has 1 aromatic carbocycles. The summed E-state index contributed by atoms with van der Waals surface area (Å²) in [4.78, 5) is 0. The predicted molar refractivity (Wildman–Crippen MR) is 79.5 cm³/mol. The normalized spacial score (nSPS) is 12.5. The molecule has 0 bridgehead atoms. The highest BCUT2D eigenvalue weighted by atomic mass is 35.5. The molecule has 0 saturated heterocycles. The van der Waals surface area contributed by atoms with E-state index in [9.17, 15) is 5.11 Å². The van der Waals surface area contributed by atoms with Gasteiger partial charge in [-0.15, -0.1) is 12.4 Å². The van der Waals surface area contributed by atoms with E-state index >= 15 is 0 Å². The molecule has 0 aliphatic rings. The van der Waals surface area contributed by atoms with Gasteiger partial charge in [0.2, 0.25) is 0 Å². The molecule has 0 radical (unpaired) electrons. The Kier molecular flexibility index (Phi) is 7.83. The number of rotatable bonds is 6. The van der Waals surface area contributed by atoms with Crippen LogP contribution in [-0.4, -0.2) is 37.0 Å². The van der Waals surface area contributed by atoms with E-state index in [4.69, 9.17) is 9.47 Å². The van der Waals surface area contributed by atoms with Gasteiger partial charge in [0.05, 0.1) is 7.11 Å². The number of halogens is 1. The highest BCUT2D eigenvalue weighted by Crippen LogP contribution is 2.18. The number of methoxy groups -OCH3 is 1. The van der Waals surface area contributed by atoms with Crippen molar-refractivity contribution in [3.05, 3.63) is 24.3 Å². The van der Waals surface area contributed by atoms with E-state index in [0.29, 0.717) is 12.3 Å². The van der Waals surface area contributed by atoms with Gasteiger partial charge in [-0.05, 0) is 32.9 Å². The molecule has 1 aromatic rings. The molecule has 19 heavy (non-hydrogen) atoms. The molecule has 0 saturated carbocycles. The number of β-amino-alcohol motifs (C(OH)–C–C–N with tert-alkyl or cyclic N) is 1. The summed E-state index contributed by atoms with van der Waals surface area (Å²) < 4.78 is 10.6. The molecule has 0 amide bonds. The van der Waals surface area contributed by atoms with Crippen molar-refractivity contribution in [1.82, 2.24) is 5.32 Å². The zero-order chi connectivity index (χ0) is 13.6. The summed E-state index contributed by atoms with van der Waals surface area (Å²) in [6, 6.07) is 7.34. The maximum Gasteiger partial charge on any atom is 0.123 e. The standard InChI is InChI=1S/C14H23NO3.ClH/c1-14(2,3)15-9-11(16)10-18-13-7-5-6-12(8-13)17-4;/h5-8,11,15-16H,9-10H2,1-4H3;1H. The van der Waals surface area contributed by atoms with Gasteiger partial charge in [0.15, 0.2) is 0 Å². The maximum absolute atomic E-state index is 9.78. The average molecular weight is 290 g/mol. The average Bonchev–Trinajstić information content (AvgIpc) is 2.33. The molecule has 110 valence electrons. The molecule has 0 spiro atoms. The lowest BCUT2D eigenvalue weighted by Crippen LogP contribution is -2.42. The van der Waals surface area contributed by atoms with E-state index in [1.807, 2.05) is 18.2 Å². The Morgan fingerprint density at radius 3 is 2.47 bits per heavy atom. The van der Waals surface area contributed by atoms with Crippen molar-refractivity contribution in [2.45, 2.75) is 32.4 Å². The van der Waals surface area contributed by atoms with Crippen molar-refractivity contribution in [2.24, 2.45) is 0 Å². The third kappa shape index (κ3) is 7.93. The van der Waals surface area contributed by atoms with E-state index in [0.717, 1.165) is 5.75 Å². The summed E-state index contributed by atoms with van der Waals surface area (Å²) in [5.74, 6) is 1.44. The molecule has 1 unspecified atom stereocenters. The van der Waals surface area contributed by atoms with Crippen molar-refractivity contribution in [3.63, 3.8) is 0 Å². The van der Waals surface area contributed by atoms with Crippen LogP contribution in [0.15, 0.2) is 24.3 Å². The summed E-state index contributed by atoms with van der Waals surface area (Å²) in [6.45, 7) is 6.94. The number of nitrogens with one attached hydrogen (secondary N) is 1. The van der Waals surface area contributed by atoms with E-state index < -0.39 is 6.10 Å². The second kappa shape index (κ2) is 8.25. The monoisotopic (exact) mass is 289 g/mol. The molecule has 0 aliphatic carbocycles. The van der Waals surface area contributed by atoms with Crippen molar-refractivity contribution in [1.29, 1.82) is 0 Å². The first-order valence-corrected chi connectivity index (χ1v) is 6.10. The molecule has 5 heteroatoms. The van der Waals surface area contributed by atoms with E-state index in [2.05, 4.69) is 26.1 Å². The number of benzene rings is 1. The van der Waals surface area contributed by atoms with E-state index in [-0.39, 0.29) is 24.6 Å². The quantitative estimate of drug-likeness (QED) is 0.843. The smallest absolute Gasteiger partial charge is 0.123 e. The fourth-order valence-electron chi connectivity index (χ4n) is 1.37. The Balaban J connectivity index is 0.00000324. The van der Waals surface area contributed by atoms with Crippen molar-refractivity contribution >= 4 is 12.4 Å². The van der Waals surface area contributed by atoms with E-state index in [1.54, 1.807) is 13.2 Å². The summed E-state index contributed by atoms with van der Waals surface area (Å²) in [7, 11) is 1.61. The number of ether oxygens (including phenoxy) is 2. The number of hydrogen-bond acceptors (Lipinski definition) is 4. The maximum atomic E-state index is 9.78. The van der Waals surface area contributed by atoms with Crippen LogP contribution in [0.2, 0.25) is 0 Å². The van der Waals surface area contributed by atoms with Crippen LogP contribution in [-0.2, 0) is 0 Å². The fourth-order valence-corrected chi connectivity index (χ4v) is 1.37. The van der Waals surface area contributed by atoms with Crippen molar-refractivity contribution < 1.29 is 14.6 Å². The third-order valence-corrected chi connectivity index (χ3v) is 2.35. The third-order valence-electron chi connectivity index (χ3n) is 2.35. The Bertz CT molecular complexity index is 366. The summed E-state index contributed by atoms with van der Waals surface area (Å²) >= 11 is 0. The molecule has 2 N–H and O–H groups in total. The van der Waals surface area contributed by atoms with Gasteiger partial charge in [-0.2, -0.15) is 0 Å². The van der Waals surface area contributed by atoms with Crippen molar-refractivity contribution in [2.75, 3.05) is 20.3 Å². The summed E-state index contributed by atoms with van der Waals surface area (Å²) in [5, 5.41) is 13.0. The lowest BCUT2D eigenvalue weighted by atomic mass is 10.1. The van der Waals surface area contributed by atoms with Crippen LogP contribution >= 0.6 is 12.4 Å². The first-order valence-electron chi connectivity index (χ1n) is 6.10. The topological polar surface area (TPSA) is 50.7 Å². The van der Waals surface area contributed by atoms with Crippen LogP contribution < -0.4 is 14.8 Å². The molecule has 0 heterocycles. The Morgan fingerprint density at radius 1 is 1.26 bits per heavy atom. The lowest BCUT2D eigenvalue weighted by Gasteiger charge is -2.23. The summed E-state index contributed by atoms with van der Waals surface area (Å²) in [5.41, 5.74) is -0.00303. The minimum absolute atomic E-state index is 0. The van der Waals surface area contributed by atoms with Crippen LogP contribution in [0.5, 0.6) is 11.5 Å². The Morgan fingerprint density at radius 2 is 1.89 bits per heavy atom. The second-order valence-electron chi connectivity index (χ2n) is 5.27. The minimum atomic E-state index is -0.532. The molecule has 1 rings (SSSR count). The molecule has 4 nitrogen and oxygen atoms in total. The molecule has 0 aromatic heterocycles. The van der Waals surface area contributed by atoms with Gasteiger partial charge in [-0.3, -0.25) is 0 Å². The first-order chi connectivity index (χ1) is 8.40. The molecule has 1 atom stereocenters. The van der Waals surface area contributed by atoms with Gasteiger partial charge in [0.1, 0.15) is 24.2 Å². The number of aliphatic hydroxyl groups is 1. The van der Waals surface area contributed by atoms with Crippen LogP contribution in [0.1, 0.15) is 20.8 Å². The lowest BCUT2D eigenvalue weighted by molar-refractivity contribution is 0.0999. The summed E-state index contributed by atoms with van der Waals surface area (Å²) in [6.07, 6.45) is -0.532. The van der Waals surface area contributed by atoms with Crippen LogP contribution in [0.4, 0.5) is 0 Å². The number of aliphatic hydroxyl groups excluding tert-OH is 1. The highest BCUT2D eigenvalue weighted by molar-refractivity contribution is 5.85. The largest absolute Gasteiger partial charge is 0.497 e. The predicted octanol–water partition coefficient (Wildman–Crippen LogP) is 2.24. The zero-order valence-corrected chi connectivity index (χ0v) is 12.8. The van der Waals surface area contributed by atoms with Gasteiger partial charge in [-0.1, -0.05) is 6.07 Å². The van der Waals surface area contributed by atoms with Crippen LogP contribution in [0.3, 0.4) is 0 Å². The van der Waals surface area contributed by atoms with Gasteiger partial charge >= 0.3 is 0 Å². The first kappa shape index (κ1) is 18.0. The van der Waals surface area contributed by atoms with E-state index in [1.165, 1.54) is 0 Å². The fraction of sp³-hybridized carbons (Fsp3) is 0.571. The van der Waals surface area contributed by atoms with Crippen molar-refractivity contribution in [3.8, 4) is 11.5 Å². The van der Waals surface area contributed by atoms with Gasteiger partial charge < -0.3 is 19.9 Å². The highest BCUT2D eigenvalue weighted by Gasteiger charge is 2.12. The Hall–Kier alpha value is -0.970. The Labute approximate surface area is 121 Å². The minimum Gasteiger partial charge on any atom is -0.497 e. The van der Waals surface area contributed by atoms with Gasteiger partial charge in [0.25, 0.3) is 0 Å². The SMILES string of the molecule is COc1cccc(OCC(O)CNC(C)(C)C)c1.Cl. The molecule has 0 fully saturated rings.